The van der Waals surface area contributed by atoms with E-state index in [1.807, 2.05) is 11.8 Å². The first-order chi connectivity index (χ1) is 8.85. The monoisotopic (exact) mass is 257 g/mol. The van der Waals surface area contributed by atoms with Crippen LogP contribution < -0.4 is 5.32 Å². The van der Waals surface area contributed by atoms with Crippen LogP contribution in [0.5, 0.6) is 0 Å². The molecule has 2 heteroatoms. The third-order valence-corrected chi connectivity index (χ3v) is 5.10. The van der Waals surface area contributed by atoms with Gasteiger partial charge in [0.05, 0.1) is 0 Å². The van der Waals surface area contributed by atoms with Crippen LogP contribution in [-0.2, 0) is 0 Å². The molecule has 2 aromatic carbocycles. The number of fused-ring (bicyclic) bond motifs is 1. The Labute approximate surface area is 113 Å². The summed E-state index contributed by atoms with van der Waals surface area (Å²) in [5.74, 6) is 0. The van der Waals surface area contributed by atoms with Gasteiger partial charge in [-0.15, -0.1) is 11.8 Å². The molecule has 0 amide bonds. The second-order valence-electron chi connectivity index (χ2n) is 5.05. The molecule has 0 bridgehead atoms. The van der Waals surface area contributed by atoms with Gasteiger partial charge in [-0.05, 0) is 49.2 Å². The standard InChI is InChI=1S/C16H19NS/c1-17-14-7-9-16(11-14)18-15-8-6-12-4-2-3-5-13(12)10-15/h2-6,8,10,14,16-17H,7,9,11H2,1H3. The van der Waals surface area contributed by atoms with E-state index in [1.165, 1.54) is 34.9 Å². The molecule has 2 aromatic rings. The molecule has 0 radical (unpaired) electrons. The van der Waals surface area contributed by atoms with Gasteiger partial charge in [0.25, 0.3) is 0 Å². The maximum Gasteiger partial charge on any atom is 0.0110 e. The van der Waals surface area contributed by atoms with E-state index in [-0.39, 0.29) is 0 Å². The molecule has 3 rings (SSSR count). The Balaban J connectivity index is 1.75. The topological polar surface area (TPSA) is 12.0 Å². The number of thioether (sulfide) groups is 1. The third-order valence-electron chi connectivity index (χ3n) is 3.82. The third kappa shape index (κ3) is 2.55. The Morgan fingerprint density at radius 2 is 1.89 bits per heavy atom. The summed E-state index contributed by atoms with van der Waals surface area (Å²) in [5.41, 5.74) is 0. The number of benzene rings is 2. The zero-order valence-corrected chi connectivity index (χ0v) is 11.5. The molecule has 1 aliphatic rings. The molecular formula is C16H19NS. The minimum Gasteiger partial charge on any atom is -0.317 e. The first kappa shape index (κ1) is 12.1. The first-order valence-electron chi connectivity index (χ1n) is 6.68. The van der Waals surface area contributed by atoms with Gasteiger partial charge in [-0.2, -0.15) is 0 Å². The van der Waals surface area contributed by atoms with Crippen LogP contribution in [-0.4, -0.2) is 18.3 Å². The Bertz CT molecular complexity index is 537. The van der Waals surface area contributed by atoms with Gasteiger partial charge < -0.3 is 5.32 Å². The van der Waals surface area contributed by atoms with E-state index in [9.17, 15) is 0 Å². The highest BCUT2D eigenvalue weighted by Gasteiger charge is 2.23. The predicted molar refractivity (Wildman–Crippen MR) is 80.3 cm³/mol. The molecule has 0 heterocycles. The van der Waals surface area contributed by atoms with E-state index in [4.69, 9.17) is 0 Å². The van der Waals surface area contributed by atoms with Crippen LogP contribution in [0.1, 0.15) is 19.3 Å². The molecule has 2 atom stereocenters. The van der Waals surface area contributed by atoms with Crippen molar-refractivity contribution < 1.29 is 0 Å². The maximum atomic E-state index is 3.40. The van der Waals surface area contributed by atoms with Crippen LogP contribution in [0.4, 0.5) is 0 Å². The van der Waals surface area contributed by atoms with Gasteiger partial charge in [0, 0.05) is 16.2 Å². The summed E-state index contributed by atoms with van der Waals surface area (Å²) >= 11 is 2.05. The van der Waals surface area contributed by atoms with Crippen molar-refractivity contribution >= 4 is 22.5 Å². The average molecular weight is 257 g/mol. The van der Waals surface area contributed by atoms with Gasteiger partial charge >= 0.3 is 0 Å². The molecule has 1 saturated carbocycles. The number of nitrogens with one attached hydrogen (secondary N) is 1. The number of hydrogen-bond donors (Lipinski definition) is 1. The van der Waals surface area contributed by atoms with E-state index in [0.717, 1.165) is 11.3 Å². The molecule has 1 nitrogen and oxygen atoms in total. The van der Waals surface area contributed by atoms with Gasteiger partial charge in [0.2, 0.25) is 0 Å². The number of hydrogen-bond acceptors (Lipinski definition) is 2. The molecule has 0 aliphatic heterocycles. The lowest BCUT2D eigenvalue weighted by Crippen LogP contribution is -2.21. The lowest BCUT2D eigenvalue weighted by molar-refractivity contribution is 0.583. The van der Waals surface area contributed by atoms with Crippen molar-refractivity contribution in [1.82, 2.24) is 5.32 Å². The van der Waals surface area contributed by atoms with Gasteiger partial charge in [-0.1, -0.05) is 30.3 Å². The van der Waals surface area contributed by atoms with Crippen LogP contribution in [0.15, 0.2) is 47.4 Å². The molecule has 2 unspecified atom stereocenters. The summed E-state index contributed by atoms with van der Waals surface area (Å²) in [6.07, 6.45) is 3.96. The van der Waals surface area contributed by atoms with Crippen LogP contribution in [0.2, 0.25) is 0 Å². The second-order valence-corrected chi connectivity index (χ2v) is 6.42. The summed E-state index contributed by atoms with van der Waals surface area (Å²) in [6.45, 7) is 0. The molecular weight excluding hydrogens is 238 g/mol. The fourth-order valence-corrected chi connectivity index (χ4v) is 4.05. The summed E-state index contributed by atoms with van der Waals surface area (Å²) in [4.78, 5) is 1.41. The molecule has 1 N–H and O–H groups in total. The van der Waals surface area contributed by atoms with Gasteiger partial charge in [0.1, 0.15) is 0 Å². The van der Waals surface area contributed by atoms with E-state index in [2.05, 4.69) is 54.8 Å². The smallest absolute Gasteiger partial charge is 0.0110 e. The lowest BCUT2D eigenvalue weighted by atomic mass is 10.1. The molecule has 0 saturated heterocycles. The highest BCUT2D eigenvalue weighted by atomic mass is 32.2. The maximum absolute atomic E-state index is 3.40. The summed E-state index contributed by atoms with van der Waals surface area (Å²) in [7, 11) is 2.08. The Morgan fingerprint density at radius 3 is 2.67 bits per heavy atom. The molecule has 18 heavy (non-hydrogen) atoms. The lowest BCUT2D eigenvalue weighted by Gasteiger charge is -2.11. The normalized spacial score (nSPS) is 23.6. The summed E-state index contributed by atoms with van der Waals surface area (Å²) in [5, 5.41) is 6.86. The Hall–Kier alpha value is -0.990. The van der Waals surface area contributed by atoms with E-state index >= 15 is 0 Å². The Kier molecular flexibility index (Phi) is 3.57. The molecule has 0 spiro atoms. The van der Waals surface area contributed by atoms with E-state index < -0.39 is 0 Å². The SMILES string of the molecule is CNC1CCC(Sc2ccc3ccccc3c2)C1. The molecule has 0 aromatic heterocycles. The van der Waals surface area contributed by atoms with Gasteiger partial charge in [-0.25, -0.2) is 0 Å². The van der Waals surface area contributed by atoms with Crippen molar-refractivity contribution in [3.8, 4) is 0 Å². The average Bonchev–Trinajstić information content (AvgIpc) is 2.86. The predicted octanol–water partition coefficient (Wildman–Crippen LogP) is 4.07. The van der Waals surface area contributed by atoms with Crippen molar-refractivity contribution in [3.63, 3.8) is 0 Å². The fraction of sp³-hybridized carbons (Fsp3) is 0.375. The van der Waals surface area contributed by atoms with Crippen LogP contribution in [0, 0.1) is 0 Å². The zero-order chi connectivity index (χ0) is 12.4. The van der Waals surface area contributed by atoms with Crippen LogP contribution >= 0.6 is 11.8 Å². The van der Waals surface area contributed by atoms with Gasteiger partial charge in [0.15, 0.2) is 0 Å². The summed E-state index contributed by atoms with van der Waals surface area (Å²) in [6, 6.07) is 16.1. The molecule has 1 fully saturated rings. The molecule has 1 aliphatic carbocycles. The van der Waals surface area contributed by atoms with Crippen molar-refractivity contribution in [2.75, 3.05) is 7.05 Å². The first-order valence-corrected chi connectivity index (χ1v) is 7.56. The van der Waals surface area contributed by atoms with Crippen LogP contribution in [0.25, 0.3) is 10.8 Å². The van der Waals surface area contributed by atoms with E-state index in [1.54, 1.807) is 0 Å². The quantitative estimate of drug-likeness (QED) is 0.889. The van der Waals surface area contributed by atoms with Gasteiger partial charge in [-0.3, -0.25) is 0 Å². The van der Waals surface area contributed by atoms with E-state index in [0.29, 0.717) is 0 Å². The highest BCUT2D eigenvalue weighted by Crippen LogP contribution is 2.35. The van der Waals surface area contributed by atoms with Crippen molar-refractivity contribution in [2.24, 2.45) is 0 Å². The van der Waals surface area contributed by atoms with Crippen molar-refractivity contribution in [2.45, 2.75) is 35.4 Å². The fourth-order valence-electron chi connectivity index (χ4n) is 2.74. The highest BCUT2D eigenvalue weighted by molar-refractivity contribution is 8.00. The van der Waals surface area contributed by atoms with Crippen molar-refractivity contribution in [3.05, 3.63) is 42.5 Å². The zero-order valence-electron chi connectivity index (χ0n) is 10.7. The second kappa shape index (κ2) is 5.33. The largest absolute Gasteiger partial charge is 0.317 e. The van der Waals surface area contributed by atoms with Crippen LogP contribution in [0.3, 0.4) is 0 Å². The summed E-state index contributed by atoms with van der Waals surface area (Å²) < 4.78 is 0. The van der Waals surface area contributed by atoms with Crippen molar-refractivity contribution in [1.29, 1.82) is 0 Å². The minimum absolute atomic E-state index is 0.725. The number of rotatable bonds is 3. The Morgan fingerprint density at radius 1 is 1.06 bits per heavy atom. The molecule has 94 valence electrons. The minimum atomic E-state index is 0.725.